The van der Waals surface area contributed by atoms with Gasteiger partial charge in [0, 0.05) is 24.6 Å². The normalized spacial score (nSPS) is 11.6. The van der Waals surface area contributed by atoms with Crippen LogP contribution in [0.1, 0.15) is 37.9 Å². The third kappa shape index (κ3) is 5.51. The van der Waals surface area contributed by atoms with Gasteiger partial charge in [-0.25, -0.2) is 4.98 Å². The Morgan fingerprint density at radius 3 is 2.62 bits per heavy atom. The van der Waals surface area contributed by atoms with E-state index in [2.05, 4.69) is 54.7 Å². The van der Waals surface area contributed by atoms with Gasteiger partial charge >= 0.3 is 0 Å². The zero-order valence-corrected chi connectivity index (χ0v) is 20.9. The topological polar surface area (TPSA) is 74.3 Å². The maximum atomic E-state index is 12.4. The van der Waals surface area contributed by atoms with Crippen LogP contribution in [-0.2, 0) is 24.3 Å². The number of rotatable bonds is 8. The lowest BCUT2D eigenvalue weighted by molar-refractivity contribution is 0.289. The molecule has 0 aliphatic heterocycles. The highest BCUT2D eigenvalue weighted by molar-refractivity contribution is 7.98. The fourth-order valence-corrected chi connectivity index (χ4v) is 4.40. The summed E-state index contributed by atoms with van der Waals surface area (Å²) in [7, 11) is 0. The quantitative estimate of drug-likeness (QED) is 0.244. The van der Waals surface area contributed by atoms with Gasteiger partial charge in [-0.15, -0.1) is 16.8 Å². The molecule has 34 heavy (non-hydrogen) atoms. The van der Waals surface area contributed by atoms with Gasteiger partial charge in [0.15, 0.2) is 11.0 Å². The largest absolute Gasteiger partial charge is 0.486 e. The zero-order chi connectivity index (χ0) is 24.3. The van der Waals surface area contributed by atoms with Gasteiger partial charge in [0.25, 0.3) is 5.56 Å². The first-order chi connectivity index (χ1) is 16.2. The third-order valence-corrected chi connectivity index (χ3v) is 6.44. The average Bonchev–Trinajstić information content (AvgIpc) is 3.18. The Morgan fingerprint density at radius 2 is 1.91 bits per heavy atom. The molecule has 4 rings (SSSR count). The number of fused-ring (bicyclic) bond motifs is 1. The second-order valence-corrected chi connectivity index (χ2v) is 10.2. The predicted molar refractivity (Wildman–Crippen MR) is 136 cm³/mol. The van der Waals surface area contributed by atoms with E-state index in [1.54, 1.807) is 24.4 Å². The number of allylic oxidation sites excluding steroid dienone is 1. The summed E-state index contributed by atoms with van der Waals surface area (Å²) in [5, 5.41) is 9.83. The van der Waals surface area contributed by atoms with Crippen molar-refractivity contribution in [2.75, 3.05) is 0 Å². The highest BCUT2D eigenvalue weighted by Crippen LogP contribution is 2.25. The molecule has 0 aliphatic carbocycles. The molecule has 3 heterocycles. The van der Waals surface area contributed by atoms with Crippen molar-refractivity contribution in [3.05, 3.63) is 93.8 Å². The molecule has 0 amide bonds. The van der Waals surface area contributed by atoms with Gasteiger partial charge in [-0.2, -0.15) is 0 Å². The summed E-state index contributed by atoms with van der Waals surface area (Å²) in [6, 6.07) is 13.1. The van der Waals surface area contributed by atoms with Crippen LogP contribution in [0, 0.1) is 0 Å². The highest BCUT2D eigenvalue weighted by Gasteiger charge is 2.15. The number of hydrogen-bond acceptors (Lipinski definition) is 6. The number of nitrogens with zero attached hydrogens (tertiary/aromatic N) is 5. The van der Waals surface area contributed by atoms with Crippen LogP contribution in [0.15, 0.2) is 71.3 Å². The molecule has 0 spiro atoms. The molecule has 1 aromatic carbocycles. The molecular weight excluding hydrogens is 470 g/mol. The van der Waals surface area contributed by atoms with Gasteiger partial charge in [0.2, 0.25) is 0 Å². The zero-order valence-electron chi connectivity index (χ0n) is 19.4. The minimum absolute atomic E-state index is 0.0906. The standard InChI is InChI=1S/C25H26ClN5O2S/c1-5-12-30-22(15-33-20-9-6-17(7-10-20)25(2,3)4)28-29-24(30)34-16-19-13-23(32)31-14-18(26)8-11-21(31)27-19/h5-11,13-14H,1,12,15-16H2,2-4H3. The first-order valence-electron chi connectivity index (χ1n) is 10.8. The number of pyridine rings is 1. The van der Waals surface area contributed by atoms with Crippen molar-refractivity contribution in [1.82, 2.24) is 24.1 Å². The van der Waals surface area contributed by atoms with E-state index in [0.29, 0.717) is 39.6 Å². The van der Waals surface area contributed by atoms with Crippen LogP contribution in [0.2, 0.25) is 5.02 Å². The van der Waals surface area contributed by atoms with Crippen LogP contribution in [0.5, 0.6) is 5.75 Å². The van der Waals surface area contributed by atoms with E-state index in [9.17, 15) is 4.79 Å². The summed E-state index contributed by atoms with van der Waals surface area (Å²) in [5.74, 6) is 1.94. The van der Waals surface area contributed by atoms with Crippen molar-refractivity contribution in [2.45, 2.75) is 50.2 Å². The molecule has 0 N–H and O–H groups in total. The Hall–Kier alpha value is -3.10. The average molecular weight is 496 g/mol. The van der Waals surface area contributed by atoms with Crippen molar-refractivity contribution in [3.8, 4) is 5.75 Å². The number of aromatic nitrogens is 5. The second kappa shape index (κ2) is 10.0. The molecule has 0 bridgehead atoms. The molecular formula is C25H26ClN5O2S. The van der Waals surface area contributed by atoms with E-state index in [1.807, 2.05) is 16.7 Å². The Labute approximate surface area is 207 Å². The van der Waals surface area contributed by atoms with Gasteiger partial charge in [-0.05, 0) is 35.2 Å². The fraction of sp³-hybridized carbons (Fsp3) is 0.280. The van der Waals surface area contributed by atoms with E-state index in [1.165, 1.54) is 27.8 Å². The van der Waals surface area contributed by atoms with Gasteiger partial charge in [0.1, 0.15) is 18.0 Å². The van der Waals surface area contributed by atoms with Crippen molar-refractivity contribution in [2.24, 2.45) is 0 Å². The van der Waals surface area contributed by atoms with E-state index in [-0.39, 0.29) is 17.6 Å². The molecule has 4 aromatic rings. The molecule has 176 valence electrons. The number of hydrogen-bond donors (Lipinski definition) is 0. The first-order valence-corrected chi connectivity index (χ1v) is 12.2. The summed E-state index contributed by atoms with van der Waals surface area (Å²) < 4.78 is 9.35. The van der Waals surface area contributed by atoms with Crippen molar-refractivity contribution in [3.63, 3.8) is 0 Å². The number of benzene rings is 1. The van der Waals surface area contributed by atoms with Gasteiger partial charge < -0.3 is 4.74 Å². The van der Waals surface area contributed by atoms with Crippen LogP contribution >= 0.6 is 23.4 Å². The lowest BCUT2D eigenvalue weighted by Gasteiger charge is -2.19. The van der Waals surface area contributed by atoms with Crippen molar-refractivity contribution in [1.29, 1.82) is 0 Å². The molecule has 0 atom stereocenters. The van der Waals surface area contributed by atoms with Crippen LogP contribution in [0.4, 0.5) is 0 Å². The summed E-state index contributed by atoms with van der Waals surface area (Å²) in [6.45, 7) is 11.2. The monoisotopic (exact) mass is 495 g/mol. The molecule has 0 saturated heterocycles. The number of thioether (sulfide) groups is 1. The molecule has 0 radical (unpaired) electrons. The maximum absolute atomic E-state index is 12.4. The third-order valence-electron chi connectivity index (χ3n) is 5.22. The minimum Gasteiger partial charge on any atom is -0.486 e. The Balaban J connectivity index is 1.47. The second-order valence-electron chi connectivity index (χ2n) is 8.81. The molecule has 0 saturated carbocycles. The SMILES string of the molecule is C=CCn1c(COc2ccc(C(C)(C)C)cc2)nnc1SCc1cc(=O)n2cc(Cl)ccc2n1. The lowest BCUT2D eigenvalue weighted by Crippen LogP contribution is -2.15. The Morgan fingerprint density at radius 1 is 1.15 bits per heavy atom. The summed E-state index contributed by atoms with van der Waals surface area (Å²) in [4.78, 5) is 17.0. The summed E-state index contributed by atoms with van der Waals surface area (Å²) in [6.07, 6.45) is 3.35. The molecule has 3 aromatic heterocycles. The smallest absolute Gasteiger partial charge is 0.258 e. The minimum atomic E-state index is -0.178. The maximum Gasteiger partial charge on any atom is 0.258 e. The van der Waals surface area contributed by atoms with Crippen LogP contribution < -0.4 is 10.3 Å². The molecule has 9 heteroatoms. The summed E-state index contributed by atoms with van der Waals surface area (Å²) >= 11 is 7.44. The highest BCUT2D eigenvalue weighted by atomic mass is 35.5. The van der Waals surface area contributed by atoms with E-state index >= 15 is 0 Å². The van der Waals surface area contributed by atoms with Crippen LogP contribution in [-0.4, -0.2) is 24.1 Å². The molecule has 0 unspecified atom stereocenters. The van der Waals surface area contributed by atoms with Gasteiger partial charge in [-0.1, -0.05) is 62.3 Å². The van der Waals surface area contributed by atoms with Crippen LogP contribution in [0.25, 0.3) is 5.65 Å². The first kappa shape index (κ1) is 24.0. The molecule has 7 nitrogen and oxygen atoms in total. The van der Waals surface area contributed by atoms with Gasteiger partial charge in [0.05, 0.1) is 10.7 Å². The van der Waals surface area contributed by atoms with Crippen molar-refractivity contribution >= 4 is 29.0 Å². The summed E-state index contributed by atoms with van der Waals surface area (Å²) in [5.41, 5.74) is 2.36. The van der Waals surface area contributed by atoms with Crippen LogP contribution in [0.3, 0.4) is 0 Å². The number of ether oxygens (including phenoxy) is 1. The van der Waals surface area contributed by atoms with Crippen molar-refractivity contribution < 1.29 is 4.74 Å². The van der Waals surface area contributed by atoms with E-state index in [4.69, 9.17) is 16.3 Å². The molecule has 0 aliphatic rings. The van der Waals surface area contributed by atoms with E-state index < -0.39 is 0 Å². The number of halogens is 1. The lowest BCUT2D eigenvalue weighted by atomic mass is 9.87. The Bertz CT molecular complexity index is 1370. The fourth-order valence-electron chi connectivity index (χ4n) is 3.38. The van der Waals surface area contributed by atoms with Gasteiger partial charge in [-0.3, -0.25) is 13.8 Å². The molecule has 0 fully saturated rings. The van der Waals surface area contributed by atoms with E-state index in [0.717, 1.165) is 5.75 Å². The Kier molecular flexibility index (Phi) is 7.09. The predicted octanol–water partition coefficient (Wildman–Crippen LogP) is 5.29.